The first-order chi connectivity index (χ1) is 21.7. The van der Waals surface area contributed by atoms with Crippen molar-refractivity contribution >= 4 is 37.3 Å². The summed E-state index contributed by atoms with van der Waals surface area (Å²) in [6.45, 7) is 10.3. The fourth-order valence-electron chi connectivity index (χ4n) is 6.71. The van der Waals surface area contributed by atoms with Crippen LogP contribution in [0.4, 0.5) is 0 Å². The van der Waals surface area contributed by atoms with Crippen molar-refractivity contribution in [2.45, 2.75) is 75.6 Å². The van der Waals surface area contributed by atoms with E-state index >= 15 is 0 Å². The van der Waals surface area contributed by atoms with Crippen molar-refractivity contribution in [3.8, 4) is 5.88 Å². The standard InChI is InChI=1S/C33H37N6O5SSi/c1-19-12-27-29(35-14-19)44-32(16-34-17-32)18-38(45(27,42)43)15-22-13-23(7-6-20(22)2)33(46,31(4,5)30(40)41)25-10-11-26-28(21(25)3)36-37-39(26)24-8-9-24/h6-7,10-14,24,34H,8-9,15-18H2,1-5H3,(H,40,41)/t33-/m1/s1. The van der Waals surface area contributed by atoms with Gasteiger partial charge in [0.1, 0.15) is 16.0 Å². The Morgan fingerprint density at radius 2 is 1.89 bits per heavy atom. The minimum Gasteiger partial charge on any atom is -0.481 e. The van der Waals surface area contributed by atoms with Gasteiger partial charge >= 0.3 is 5.97 Å². The van der Waals surface area contributed by atoms with Crippen LogP contribution in [0.25, 0.3) is 11.0 Å². The van der Waals surface area contributed by atoms with Gasteiger partial charge < -0.3 is 15.2 Å². The van der Waals surface area contributed by atoms with E-state index in [1.165, 1.54) is 4.31 Å². The number of aryl methyl sites for hydroxylation is 3. The number of sulfonamides is 1. The fraction of sp³-hybridized carbons (Fsp3) is 0.455. The minimum atomic E-state index is -3.98. The number of carboxylic acid groups (broad SMARTS) is 1. The van der Waals surface area contributed by atoms with Gasteiger partial charge in [-0.15, -0.1) is 5.10 Å². The van der Waals surface area contributed by atoms with Crippen LogP contribution in [0.5, 0.6) is 5.88 Å². The zero-order chi connectivity index (χ0) is 32.8. The SMILES string of the molecule is Cc1cnc2c(c1)S(=O)(=O)N(Cc1cc([C@@]([Si])(c3ccc4c(nnn4C4CC4)c3C)C(C)(C)C(=O)O)ccc1C)CC1(CNC1)O2. The van der Waals surface area contributed by atoms with Gasteiger partial charge in [0.15, 0.2) is 0 Å². The molecule has 2 fully saturated rings. The van der Waals surface area contributed by atoms with Gasteiger partial charge in [-0.05, 0) is 93.0 Å². The van der Waals surface area contributed by atoms with Crippen LogP contribution in [0.3, 0.4) is 0 Å². The third kappa shape index (κ3) is 4.61. The first-order valence-corrected chi connectivity index (χ1v) is 17.4. The van der Waals surface area contributed by atoms with Crippen LogP contribution in [0.1, 0.15) is 66.1 Å². The Kier molecular flexibility index (Phi) is 7.02. The van der Waals surface area contributed by atoms with Crippen LogP contribution < -0.4 is 10.1 Å². The lowest BCUT2D eigenvalue weighted by Crippen LogP contribution is -2.67. The maximum absolute atomic E-state index is 14.2. The number of hydrogen-bond donors (Lipinski definition) is 2. The average Bonchev–Trinajstić information content (AvgIpc) is 3.75. The van der Waals surface area contributed by atoms with Gasteiger partial charge in [0, 0.05) is 41.1 Å². The van der Waals surface area contributed by atoms with Crippen LogP contribution in [-0.2, 0) is 26.4 Å². The number of fused-ring (bicyclic) bond motifs is 2. The Hall–Kier alpha value is -3.65. The number of nitrogens with zero attached hydrogens (tertiary/aromatic N) is 5. The van der Waals surface area contributed by atoms with Crippen LogP contribution in [0.2, 0.25) is 0 Å². The molecule has 4 aromatic rings. The highest BCUT2D eigenvalue weighted by molar-refractivity contribution is 7.89. The summed E-state index contributed by atoms with van der Waals surface area (Å²) in [4.78, 5) is 17.4. The summed E-state index contributed by atoms with van der Waals surface area (Å²) in [5.74, 6) is -0.871. The van der Waals surface area contributed by atoms with E-state index in [4.69, 9.17) is 4.74 Å². The largest absolute Gasteiger partial charge is 0.481 e. The lowest BCUT2D eigenvalue weighted by Gasteiger charge is -2.44. The fourth-order valence-corrected chi connectivity index (χ4v) is 8.89. The summed E-state index contributed by atoms with van der Waals surface area (Å²) in [6, 6.07) is 11.7. The van der Waals surface area contributed by atoms with Gasteiger partial charge in [0.25, 0.3) is 0 Å². The number of aliphatic carboxylic acids is 1. The molecular formula is C33H37N6O5SSi. The van der Waals surface area contributed by atoms with Crippen molar-refractivity contribution in [1.29, 1.82) is 0 Å². The summed E-state index contributed by atoms with van der Waals surface area (Å²) < 4.78 is 38.0. The third-order valence-corrected chi connectivity index (χ3v) is 13.0. The van der Waals surface area contributed by atoms with E-state index in [1.54, 1.807) is 33.0 Å². The maximum atomic E-state index is 14.2. The van der Waals surface area contributed by atoms with Crippen molar-refractivity contribution in [2.75, 3.05) is 19.6 Å². The van der Waals surface area contributed by atoms with E-state index in [2.05, 4.69) is 30.9 Å². The first-order valence-electron chi connectivity index (χ1n) is 15.5. The summed E-state index contributed by atoms with van der Waals surface area (Å²) in [5, 5.41) is 21.5. The Labute approximate surface area is 271 Å². The normalized spacial score (nSPS) is 20.4. The summed E-state index contributed by atoms with van der Waals surface area (Å²) in [6.07, 6.45) is 3.75. The lowest BCUT2D eigenvalue weighted by molar-refractivity contribution is -0.148. The average molecular weight is 658 g/mol. The highest BCUT2D eigenvalue weighted by atomic mass is 32.2. The number of carboxylic acids is 1. The molecule has 11 nitrogen and oxygen atoms in total. The molecule has 2 aromatic carbocycles. The molecule has 1 spiro atoms. The van der Waals surface area contributed by atoms with E-state index in [-0.39, 0.29) is 23.9 Å². The number of carbonyl (C=O) groups is 1. The highest BCUT2D eigenvalue weighted by Gasteiger charge is 2.51. The molecule has 4 heterocycles. The predicted octanol–water partition coefficient (Wildman–Crippen LogP) is 3.53. The number of ether oxygens (including phenoxy) is 1. The number of nitrogens with one attached hydrogen (secondary N) is 1. The van der Waals surface area contributed by atoms with Gasteiger partial charge in [0.2, 0.25) is 15.9 Å². The quantitative estimate of drug-likeness (QED) is 0.286. The van der Waals surface area contributed by atoms with E-state index < -0.39 is 32.0 Å². The van der Waals surface area contributed by atoms with Crippen LogP contribution >= 0.6 is 0 Å². The Morgan fingerprint density at radius 1 is 1.15 bits per heavy atom. The Bertz CT molecular complexity index is 2020. The maximum Gasteiger partial charge on any atom is 0.309 e. The van der Waals surface area contributed by atoms with Crippen molar-refractivity contribution in [3.63, 3.8) is 0 Å². The van der Waals surface area contributed by atoms with E-state index in [9.17, 15) is 18.3 Å². The van der Waals surface area contributed by atoms with Gasteiger partial charge in [-0.3, -0.25) is 4.79 Å². The van der Waals surface area contributed by atoms with Crippen molar-refractivity contribution in [2.24, 2.45) is 5.41 Å². The number of aromatic nitrogens is 4. The molecule has 7 rings (SSSR count). The first kappa shape index (κ1) is 31.0. The molecule has 2 aromatic heterocycles. The zero-order valence-electron chi connectivity index (χ0n) is 26.6. The number of rotatable bonds is 7. The molecule has 3 aliphatic rings. The number of pyridine rings is 1. The molecule has 0 unspecified atom stereocenters. The van der Waals surface area contributed by atoms with Gasteiger partial charge in [-0.25, -0.2) is 18.1 Å². The molecule has 0 amide bonds. The molecule has 13 heteroatoms. The molecule has 1 atom stereocenters. The van der Waals surface area contributed by atoms with Crippen molar-refractivity contribution < 1.29 is 23.1 Å². The molecule has 46 heavy (non-hydrogen) atoms. The Morgan fingerprint density at radius 3 is 2.54 bits per heavy atom. The number of hydrogen-bond acceptors (Lipinski definition) is 8. The topological polar surface area (TPSA) is 140 Å². The van der Waals surface area contributed by atoms with Gasteiger partial charge in [0.05, 0.1) is 23.5 Å². The lowest BCUT2D eigenvalue weighted by atomic mass is 9.68. The second-order valence-corrected chi connectivity index (χ2v) is 16.3. The highest BCUT2D eigenvalue weighted by Crippen LogP contribution is 2.48. The second-order valence-electron chi connectivity index (χ2n) is 13.7. The molecule has 3 radical (unpaired) electrons. The molecule has 1 aliphatic carbocycles. The van der Waals surface area contributed by atoms with Crippen LogP contribution in [0.15, 0.2) is 47.5 Å². The van der Waals surface area contributed by atoms with E-state index in [0.717, 1.165) is 51.7 Å². The predicted molar refractivity (Wildman–Crippen MR) is 172 cm³/mol. The molecule has 2 N–H and O–H groups in total. The molecule has 0 bridgehead atoms. The zero-order valence-corrected chi connectivity index (χ0v) is 28.4. The summed E-state index contributed by atoms with van der Waals surface area (Å²) >= 11 is 0. The minimum absolute atomic E-state index is 0.0507. The van der Waals surface area contributed by atoms with Crippen LogP contribution in [0, 0.1) is 26.2 Å². The number of benzene rings is 2. The van der Waals surface area contributed by atoms with Crippen molar-refractivity contribution in [1.82, 2.24) is 29.6 Å². The second kappa shape index (κ2) is 10.4. The summed E-state index contributed by atoms with van der Waals surface area (Å²) in [7, 11) is 0.0833. The Balaban J connectivity index is 1.35. The molecule has 1 saturated carbocycles. The monoisotopic (exact) mass is 657 g/mol. The van der Waals surface area contributed by atoms with E-state index in [1.807, 2.05) is 48.9 Å². The molecule has 1 saturated heterocycles. The molecular weight excluding hydrogens is 621 g/mol. The molecule has 239 valence electrons. The molecule has 2 aliphatic heterocycles. The van der Waals surface area contributed by atoms with E-state index in [0.29, 0.717) is 24.7 Å². The summed E-state index contributed by atoms with van der Waals surface area (Å²) in [5.41, 5.74) is 4.23. The van der Waals surface area contributed by atoms with Gasteiger partial charge in [-0.2, -0.15) is 4.31 Å². The van der Waals surface area contributed by atoms with Gasteiger partial charge in [-0.1, -0.05) is 29.5 Å². The smallest absolute Gasteiger partial charge is 0.309 e. The third-order valence-electron chi connectivity index (χ3n) is 10.0. The van der Waals surface area contributed by atoms with Crippen molar-refractivity contribution in [3.05, 3.63) is 76.0 Å². The van der Waals surface area contributed by atoms with Crippen LogP contribution in [-0.4, -0.2) is 79.3 Å².